The number of rotatable bonds is 2. The number of fused-ring (bicyclic) bond motifs is 3. The van der Waals surface area contributed by atoms with E-state index in [4.69, 9.17) is 0 Å². The van der Waals surface area contributed by atoms with Crippen LogP contribution in [0.25, 0.3) is 0 Å². The zero-order valence-corrected chi connectivity index (χ0v) is 11.0. The predicted octanol–water partition coefficient (Wildman–Crippen LogP) is 2.57. The van der Waals surface area contributed by atoms with Gasteiger partial charge in [-0.15, -0.1) is 0 Å². The van der Waals surface area contributed by atoms with E-state index in [0.717, 1.165) is 12.5 Å². The van der Waals surface area contributed by atoms with Gasteiger partial charge in [0.15, 0.2) is 0 Å². The lowest BCUT2D eigenvalue weighted by Crippen LogP contribution is -2.20. The van der Waals surface area contributed by atoms with Crippen LogP contribution in [0.3, 0.4) is 0 Å². The summed E-state index contributed by atoms with van der Waals surface area (Å²) in [5.74, 6) is 1.49. The Kier molecular flexibility index (Phi) is 2.66. The van der Waals surface area contributed by atoms with E-state index in [0.29, 0.717) is 5.92 Å². The molecule has 1 saturated heterocycles. The Hall–Kier alpha value is -1.61. The molecule has 19 heavy (non-hydrogen) atoms. The molecule has 3 heteroatoms. The lowest BCUT2D eigenvalue weighted by molar-refractivity contribution is 0.313. The number of hydrogen-bond acceptors (Lipinski definition) is 2. The minimum Gasteiger partial charge on any atom is -0.298 e. The number of aryl methyl sites for hydroxylation is 1. The summed E-state index contributed by atoms with van der Waals surface area (Å²) in [5, 5.41) is 7.47. The third-order valence-corrected chi connectivity index (χ3v) is 4.67. The van der Waals surface area contributed by atoms with E-state index in [1.165, 1.54) is 42.8 Å². The van der Waals surface area contributed by atoms with Gasteiger partial charge in [-0.3, -0.25) is 10.00 Å². The van der Waals surface area contributed by atoms with Crippen LogP contribution in [0, 0.1) is 5.92 Å². The maximum absolute atomic E-state index is 4.23. The summed E-state index contributed by atoms with van der Waals surface area (Å²) in [6, 6.07) is 10.8. The van der Waals surface area contributed by atoms with Crippen molar-refractivity contribution >= 4 is 0 Å². The van der Waals surface area contributed by atoms with Gasteiger partial charge in [-0.2, -0.15) is 5.10 Å². The van der Waals surface area contributed by atoms with Crippen molar-refractivity contribution in [2.24, 2.45) is 5.92 Å². The molecule has 98 valence electrons. The minimum atomic E-state index is 0.676. The third-order valence-electron chi connectivity index (χ3n) is 4.67. The largest absolute Gasteiger partial charge is 0.298 e. The molecule has 0 radical (unpaired) electrons. The second kappa shape index (κ2) is 4.49. The standard InChI is InChI=1S/C16H19N3/c1-2-4-12(5-3-1)9-19-10-14-7-6-13-8-17-18-16(13)15(14)11-19/h1-5,8,14-15H,6-7,9-11H2,(H,17,18)/t14-,15+/m0/s1. The summed E-state index contributed by atoms with van der Waals surface area (Å²) in [7, 11) is 0. The first kappa shape index (κ1) is 11.2. The number of aromatic amines is 1. The zero-order chi connectivity index (χ0) is 12.7. The summed E-state index contributed by atoms with van der Waals surface area (Å²) in [6.07, 6.45) is 4.54. The van der Waals surface area contributed by atoms with Crippen molar-refractivity contribution in [2.45, 2.75) is 25.3 Å². The Morgan fingerprint density at radius 1 is 1.21 bits per heavy atom. The Bertz CT molecular complexity index is 560. The number of aromatic nitrogens is 2. The SMILES string of the molecule is c1ccc(CN2C[C@@H]3CCc4cn[nH]c4[C@@H]3C2)cc1. The quantitative estimate of drug-likeness (QED) is 0.892. The molecule has 2 heterocycles. The van der Waals surface area contributed by atoms with Crippen molar-refractivity contribution in [1.29, 1.82) is 0 Å². The zero-order valence-electron chi connectivity index (χ0n) is 11.0. The van der Waals surface area contributed by atoms with Gasteiger partial charge in [0, 0.05) is 31.2 Å². The number of benzene rings is 1. The summed E-state index contributed by atoms with van der Waals surface area (Å²) in [4.78, 5) is 2.60. The molecule has 2 atom stereocenters. The van der Waals surface area contributed by atoms with Crippen molar-refractivity contribution in [3.05, 3.63) is 53.3 Å². The van der Waals surface area contributed by atoms with Gasteiger partial charge in [-0.1, -0.05) is 30.3 Å². The van der Waals surface area contributed by atoms with E-state index in [9.17, 15) is 0 Å². The molecule has 2 aliphatic rings. The van der Waals surface area contributed by atoms with Crippen LogP contribution in [-0.2, 0) is 13.0 Å². The highest BCUT2D eigenvalue weighted by atomic mass is 15.2. The molecule has 1 fully saturated rings. The van der Waals surface area contributed by atoms with Gasteiger partial charge in [0.25, 0.3) is 0 Å². The molecule has 1 aliphatic carbocycles. The fourth-order valence-corrected chi connectivity index (χ4v) is 3.73. The lowest BCUT2D eigenvalue weighted by Gasteiger charge is -2.23. The first-order chi connectivity index (χ1) is 9.40. The van der Waals surface area contributed by atoms with E-state index in [-0.39, 0.29) is 0 Å². The molecular weight excluding hydrogens is 234 g/mol. The number of hydrogen-bond donors (Lipinski definition) is 1. The van der Waals surface area contributed by atoms with Crippen LogP contribution in [0.5, 0.6) is 0 Å². The average molecular weight is 253 g/mol. The van der Waals surface area contributed by atoms with E-state index < -0.39 is 0 Å². The van der Waals surface area contributed by atoms with Crippen molar-refractivity contribution in [2.75, 3.05) is 13.1 Å². The minimum absolute atomic E-state index is 0.676. The summed E-state index contributed by atoms with van der Waals surface area (Å²) < 4.78 is 0. The van der Waals surface area contributed by atoms with Crippen LogP contribution in [0.1, 0.15) is 29.2 Å². The summed E-state index contributed by atoms with van der Waals surface area (Å²) >= 11 is 0. The molecule has 4 rings (SSSR count). The van der Waals surface area contributed by atoms with Gasteiger partial charge in [-0.25, -0.2) is 0 Å². The van der Waals surface area contributed by atoms with Crippen LogP contribution in [0.2, 0.25) is 0 Å². The van der Waals surface area contributed by atoms with E-state index in [1.807, 2.05) is 6.20 Å². The third kappa shape index (κ3) is 1.98. The van der Waals surface area contributed by atoms with Gasteiger partial charge in [0.05, 0.1) is 6.20 Å². The Balaban J connectivity index is 1.52. The fourth-order valence-electron chi connectivity index (χ4n) is 3.73. The van der Waals surface area contributed by atoms with Gasteiger partial charge in [0.1, 0.15) is 0 Å². The summed E-state index contributed by atoms with van der Waals surface area (Å²) in [5.41, 5.74) is 4.28. The Morgan fingerprint density at radius 3 is 3.00 bits per heavy atom. The fraction of sp³-hybridized carbons (Fsp3) is 0.438. The average Bonchev–Trinajstić information content (AvgIpc) is 3.04. The monoisotopic (exact) mass is 253 g/mol. The highest BCUT2D eigenvalue weighted by molar-refractivity contribution is 5.27. The van der Waals surface area contributed by atoms with E-state index >= 15 is 0 Å². The Labute approximate surface area is 113 Å². The lowest BCUT2D eigenvalue weighted by atomic mass is 9.81. The molecule has 0 spiro atoms. The highest BCUT2D eigenvalue weighted by Crippen LogP contribution is 2.40. The van der Waals surface area contributed by atoms with Crippen LogP contribution in [0.15, 0.2) is 36.5 Å². The summed E-state index contributed by atoms with van der Waals surface area (Å²) in [6.45, 7) is 3.49. The molecule has 1 aromatic carbocycles. The van der Waals surface area contributed by atoms with Gasteiger partial charge in [0.2, 0.25) is 0 Å². The molecule has 3 nitrogen and oxygen atoms in total. The smallest absolute Gasteiger partial charge is 0.0522 e. The molecule has 2 aromatic rings. The van der Waals surface area contributed by atoms with Crippen molar-refractivity contribution in [3.63, 3.8) is 0 Å². The normalized spacial score (nSPS) is 26.1. The number of nitrogens with one attached hydrogen (secondary N) is 1. The van der Waals surface area contributed by atoms with Gasteiger partial charge >= 0.3 is 0 Å². The number of likely N-dealkylation sites (tertiary alicyclic amines) is 1. The van der Waals surface area contributed by atoms with Gasteiger partial charge < -0.3 is 0 Å². The molecule has 1 aromatic heterocycles. The first-order valence-corrected chi connectivity index (χ1v) is 7.18. The number of H-pyrrole nitrogens is 1. The maximum Gasteiger partial charge on any atom is 0.0522 e. The molecular formula is C16H19N3. The topological polar surface area (TPSA) is 31.9 Å². The molecule has 1 aliphatic heterocycles. The molecule has 1 N–H and O–H groups in total. The van der Waals surface area contributed by atoms with Crippen LogP contribution in [0.4, 0.5) is 0 Å². The van der Waals surface area contributed by atoms with Crippen LogP contribution < -0.4 is 0 Å². The number of nitrogens with zero attached hydrogens (tertiary/aromatic N) is 2. The molecule has 0 bridgehead atoms. The first-order valence-electron chi connectivity index (χ1n) is 7.18. The van der Waals surface area contributed by atoms with Crippen LogP contribution in [-0.4, -0.2) is 28.2 Å². The molecule has 0 amide bonds. The maximum atomic E-state index is 4.23. The van der Waals surface area contributed by atoms with E-state index in [2.05, 4.69) is 45.4 Å². The van der Waals surface area contributed by atoms with Gasteiger partial charge in [-0.05, 0) is 29.9 Å². The van der Waals surface area contributed by atoms with Crippen LogP contribution >= 0.6 is 0 Å². The Morgan fingerprint density at radius 2 is 2.11 bits per heavy atom. The second-order valence-electron chi connectivity index (χ2n) is 5.89. The van der Waals surface area contributed by atoms with Crippen molar-refractivity contribution in [1.82, 2.24) is 15.1 Å². The van der Waals surface area contributed by atoms with Crippen molar-refractivity contribution in [3.8, 4) is 0 Å². The van der Waals surface area contributed by atoms with Crippen molar-refractivity contribution < 1.29 is 0 Å². The second-order valence-corrected chi connectivity index (χ2v) is 5.89. The molecule has 0 unspecified atom stereocenters. The predicted molar refractivity (Wildman–Crippen MR) is 74.9 cm³/mol. The highest BCUT2D eigenvalue weighted by Gasteiger charge is 2.38. The van der Waals surface area contributed by atoms with E-state index in [1.54, 1.807) is 0 Å². The molecule has 0 saturated carbocycles.